The number of ether oxygens (including phenoxy) is 1. The van der Waals surface area contributed by atoms with Gasteiger partial charge in [-0.1, -0.05) is 63.1 Å². The Balaban J connectivity index is 1.52. The van der Waals surface area contributed by atoms with E-state index in [1.807, 2.05) is 54.6 Å². The van der Waals surface area contributed by atoms with E-state index in [0.29, 0.717) is 0 Å². The van der Waals surface area contributed by atoms with Crippen LogP contribution in [0.4, 0.5) is 11.4 Å². The number of thiol groups is 1. The Morgan fingerprint density at radius 1 is 0.593 bits per heavy atom. The minimum Gasteiger partial charge on any atom is -0.494 e. The number of azo groups is 1. The van der Waals surface area contributed by atoms with Crippen LogP contribution in [0.5, 0.6) is 5.75 Å². The molecule has 0 atom stereocenters. The molecule has 0 heterocycles. The Morgan fingerprint density at radius 2 is 1.11 bits per heavy atom. The minimum absolute atomic E-state index is 0.785. The predicted molar refractivity (Wildman–Crippen MR) is 118 cm³/mol. The van der Waals surface area contributed by atoms with Crippen LogP contribution in [0.2, 0.25) is 0 Å². The molecule has 0 saturated heterocycles. The normalized spacial score (nSPS) is 11.1. The van der Waals surface area contributed by atoms with E-state index in [1.165, 1.54) is 51.4 Å². The average molecular weight is 385 g/mol. The summed E-state index contributed by atoms with van der Waals surface area (Å²) >= 11 is 4.25. The van der Waals surface area contributed by atoms with Gasteiger partial charge >= 0.3 is 0 Å². The zero-order chi connectivity index (χ0) is 19.0. The van der Waals surface area contributed by atoms with Crippen LogP contribution in [0.1, 0.15) is 57.8 Å². The lowest BCUT2D eigenvalue weighted by Gasteiger charge is -2.06. The quantitative estimate of drug-likeness (QED) is 0.200. The maximum atomic E-state index is 5.82. The summed E-state index contributed by atoms with van der Waals surface area (Å²) in [6.45, 7) is 0.785. The molecule has 0 N–H and O–H groups in total. The summed E-state index contributed by atoms with van der Waals surface area (Å²) in [5, 5.41) is 8.46. The Hall–Kier alpha value is -1.81. The number of hydrogen-bond donors (Lipinski definition) is 1. The summed E-state index contributed by atoms with van der Waals surface area (Å²) in [7, 11) is 0. The third-order valence-electron chi connectivity index (χ3n) is 4.45. The lowest BCUT2D eigenvalue weighted by Crippen LogP contribution is -1.96. The van der Waals surface area contributed by atoms with Crippen LogP contribution in [-0.2, 0) is 0 Å². The topological polar surface area (TPSA) is 34.0 Å². The first-order valence-electron chi connectivity index (χ1n) is 10.2. The van der Waals surface area contributed by atoms with Gasteiger partial charge in [-0.15, -0.1) is 0 Å². The van der Waals surface area contributed by atoms with Gasteiger partial charge in [0.2, 0.25) is 0 Å². The van der Waals surface area contributed by atoms with E-state index in [2.05, 4.69) is 22.9 Å². The molecular weight excluding hydrogens is 352 g/mol. The second-order valence-electron chi connectivity index (χ2n) is 6.78. The summed E-state index contributed by atoms with van der Waals surface area (Å²) in [4.78, 5) is 0. The highest BCUT2D eigenvalue weighted by Gasteiger charge is 1.97. The molecule has 3 nitrogen and oxygen atoms in total. The van der Waals surface area contributed by atoms with Crippen molar-refractivity contribution < 1.29 is 4.74 Å². The Morgan fingerprint density at radius 3 is 1.70 bits per heavy atom. The van der Waals surface area contributed by atoms with Gasteiger partial charge in [0, 0.05) is 0 Å². The summed E-state index contributed by atoms with van der Waals surface area (Å²) in [5.74, 6) is 1.93. The van der Waals surface area contributed by atoms with Gasteiger partial charge < -0.3 is 4.74 Å². The molecular formula is C23H32N2OS. The Labute approximate surface area is 169 Å². The first-order valence-corrected chi connectivity index (χ1v) is 10.8. The number of unbranched alkanes of at least 4 members (excludes halogenated alkanes) is 8. The molecule has 0 spiro atoms. The molecule has 0 saturated carbocycles. The van der Waals surface area contributed by atoms with Crippen molar-refractivity contribution in [3.63, 3.8) is 0 Å². The number of nitrogens with zero attached hydrogens (tertiary/aromatic N) is 2. The SMILES string of the molecule is SCCCCCCCCCCCOc1ccc(/N=N/c2ccccc2)cc1. The van der Waals surface area contributed by atoms with Crippen LogP contribution in [0.3, 0.4) is 0 Å². The van der Waals surface area contributed by atoms with Crippen molar-refractivity contribution in [2.75, 3.05) is 12.4 Å². The second-order valence-corrected chi connectivity index (χ2v) is 7.23. The number of benzene rings is 2. The van der Waals surface area contributed by atoms with Crippen LogP contribution >= 0.6 is 12.6 Å². The molecule has 2 rings (SSSR count). The van der Waals surface area contributed by atoms with Crippen molar-refractivity contribution in [2.24, 2.45) is 10.2 Å². The van der Waals surface area contributed by atoms with Gasteiger partial charge in [-0.2, -0.15) is 22.9 Å². The van der Waals surface area contributed by atoms with Gasteiger partial charge in [0.1, 0.15) is 5.75 Å². The van der Waals surface area contributed by atoms with Gasteiger partial charge in [0.15, 0.2) is 0 Å². The monoisotopic (exact) mass is 384 g/mol. The fourth-order valence-electron chi connectivity index (χ4n) is 2.86. The molecule has 2 aromatic carbocycles. The first kappa shape index (κ1) is 21.5. The number of rotatable bonds is 14. The molecule has 0 aromatic heterocycles. The fraction of sp³-hybridized carbons (Fsp3) is 0.478. The van der Waals surface area contributed by atoms with Gasteiger partial charge in [0.05, 0.1) is 18.0 Å². The predicted octanol–water partition coefficient (Wildman–Crippen LogP) is 7.92. The van der Waals surface area contributed by atoms with Crippen LogP contribution in [-0.4, -0.2) is 12.4 Å². The molecule has 0 fully saturated rings. The van der Waals surface area contributed by atoms with E-state index in [4.69, 9.17) is 4.74 Å². The minimum atomic E-state index is 0.785. The highest BCUT2D eigenvalue weighted by atomic mass is 32.1. The zero-order valence-corrected chi connectivity index (χ0v) is 17.1. The lowest BCUT2D eigenvalue weighted by atomic mass is 10.1. The van der Waals surface area contributed by atoms with Crippen molar-refractivity contribution in [3.05, 3.63) is 54.6 Å². The molecule has 27 heavy (non-hydrogen) atoms. The summed E-state index contributed by atoms with van der Waals surface area (Å²) in [5.41, 5.74) is 1.69. The molecule has 2 aromatic rings. The molecule has 0 aliphatic rings. The van der Waals surface area contributed by atoms with Crippen LogP contribution in [0.25, 0.3) is 0 Å². The molecule has 0 aliphatic heterocycles. The van der Waals surface area contributed by atoms with Gasteiger partial charge in [-0.25, -0.2) is 0 Å². The average Bonchev–Trinajstić information content (AvgIpc) is 2.72. The molecule has 0 radical (unpaired) electrons. The van der Waals surface area contributed by atoms with Crippen molar-refractivity contribution in [1.29, 1.82) is 0 Å². The highest BCUT2D eigenvalue weighted by Crippen LogP contribution is 2.21. The van der Waals surface area contributed by atoms with Gasteiger partial charge in [0.25, 0.3) is 0 Å². The molecule has 0 bridgehead atoms. The maximum Gasteiger partial charge on any atom is 0.119 e. The summed E-state index contributed by atoms with van der Waals surface area (Å²) < 4.78 is 5.82. The van der Waals surface area contributed by atoms with Crippen molar-refractivity contribution >= 4 is 24.0 Å². The van der Waals surface area contributed by atoms with E-state index in [9.17, 15) is 0 Å². The molecule has 4 heteroatoms. The third kappa shape index (κ3) is 10.2. The van der Waals surface area contributed by atoms with E-state index in [-0.39, 0.29) is 0 Å². The summed E-state index contributed by atoms with van der Waals surface area (Å²) in [6.07, 6.45) is 11.7. The first-order chi connectivity index (χ1) is 13.4. The highest BCUT2D eigenvalue weighted by molar-refractivity contribution is 7.80. The van der Waals surface area contributed by atoms with E-state index >= 15 is 0 Å². The van der Waals surface area contributed by atoms with Gasteiger partial charge in [-0.05, 0) is 55.0 Å². The number of hydrogen-bond acceptors (Lipinski definition) is 4. The molecule has 0 amide bonds. The lowest BCUT2D eigenvalue weighted by molar-refractivity contribution is 0.304. The smallest absolute Gasteiger partial charge is 0.119 e. The third-order valence-corrected chi connectivity index (χ3v) is 4.76. The fourth-order valence-corrected chi connectivity index (χ4v) is 3.08. The largest absolute Gasteiger partial charge is 0.494 e. The standard InChI is InChI=1S/C23H32N2OS/c27-20-12-7-5-3-1-2-4-6-11-19-26-23-17-15-22(16-18-23)25-24-21-13-9-8-10-14-21/h8-10,13-18,27H,1-7,11-12,19-20H2/b25-24+. The Kier molecular flexibility index (Phi) is 11.4. The van der Waals surface area contributed by atoms with Gasteiger partial charge in [-0.3, -0.25) is 0 Å². The molecule has 0 aliphatic carbocycles. The molecule has 0 unspecified atom stereocenters. The zero-order valence-electron chi connectivity index (χ0n) is 16.2. The van der Waals surface area contributed by atoms with Crippen LogP contribution in [0, 0.1) is 0 Å². The van der Waals surface area contributed by atoms with Crippen molar-refractivity contribution in [3.8, 4) is 5.75 Å². The van der Waals surface area contributed by atoms with E-state index < -0.39 is 0 Å². The second kappa shape index (κ2) is 14.3. The van der Waals surface area contributed by atoms with Crippen molar-refractivity contribution in [1.82, 2.24) is 0 Å². The van der Waals surface area contributed by atoms with Crippen LogP contribution in [0.15, 0.2) is 64.8 Å². The maximum absolute atomic E-state index is 5.82. The Bertz CT molecular complexity index is 629. The van der Waals surface area contributed by atoms with Crippen LogP contribution < -0.4 is 4.74 Å². The van der Waals surface area contributed by atoms with E-state index in [0.717, 1.165) is 35.9 Å². The molecule has 146 valence electrons. The summed E-state index contributed by atoms with van der Waals surface area (Å²) in [6, 6.07) is 17.6. The van der Waals surface area contributed by atoms with Crippen molar-refractivity contribution in [2.45, 2.75) is 57.8 Å². The van der Waals surface area contributed by atoms with E-state index in [1.54, 1.807) is 0 Å².